The van der Waals surface area contributed by atoms with Gasteiger partial charge in [-0.05, 0) is 42.0 Å². The van der Waals surface area contributed by atoms with Crippen molar-refractivity contribution in [2.45, 2.75) is 37.8 Å². The van der Waals surface area contributed by atoms with E-state index in [0.29, 0.717) is 11.3 Å². The van der Waals surface area contributed by atoms with Crippen LogP contribution in [0.3, 0.4) is 0 Å². The molecule has 32 heavy (non-hydrogen) atoms. The van der Waals surface area contributed by atoms with Gasteiger partial charge in [-0.2, -0.15) is 5.10 Å². The zero-order valence-corrected chi connectivity index (χ0v) is 18.1. The number of hydrogen-bond acceptors (Lipinski definition) is 4. The first-order chi connectivity index (χ1) is 15.5. The Hall–Kier alpha value is -3.61. The van der Waals surface area contributed by atoms with Gasteiger partial charge >= 0.3 is 12.1 Å². The number of benzene rings is 2. The maximum atomic E-state index is 13.3. The van der Waals surface area contributed by atoms with E-state index in [9.17, 15) is 14.7 Å². The summed E-state index contributed by atoms with van der Waals surface area (Å²) in [5.41, 5.74) is 5.65. The minimum atomic E-state index is -1.12. The Morgan fingerprint density at radius 1 is 1.12 bits per heavy atom. The summed E-state index contributed by atoms with van der Waals surface area (Å²) in [6.45, 7) is 1.92. The molecule has 7 heteroatoms. The smallest absolute Gasteiger partial charge is 0.411 e. The highest BCUT2D eigenvalue weighted by atomic mass is 16.6. The predicted octanol–water partition coefficient (Wildman–Crippen LogP) is 4.27. The minimum absolute atomic E-state index is 0.0733. The van der Waals surface area contributed by atoms with Crippen LogP contribution in [0.15, 0.2) is 54.7 Å². The van der Waals surface area contributed by atoms with Crippen molar-refractivity contribution in [3.63, 3.8) is 0 Å². The molecule has 1 atom stereocenters. The standard InChI is InChI=1S/C25H25N3O4/c1-15-21(13-27(2)26-15)23(24(29)30)28(16-11-12-16)25(31)32-14-22-19-9-5-3-7-17(19)18-8-4-6-10-20(18)22/h3-10,13,16,22-23H,11-12,14H2,1-2H3,(H,29,30). The fraction of sp³-hybridized carbons (Fsp3) is 0.320. The molecule has 1 N–H and O–H groups in total. The molecule has 1 amide bonds. The number of ether oxygens (including phenoxy) is 1. The molecule has 0 radical (unpaired) electrons. The third-order valence-electron chi connectivity index (χ3n) is 6.35. The number of aromatic nitrogens is 2. The Labute approximate surface area is 186 Å². The predicted molar refractivity (Wildman–Crippen MR) is 118 cm³/mol. The van der Waals surface area contributed by atoms with Crippen LogP contribution < -0.4 is 0 Å². The molecule has 2 aliphatic rings. The van der Waals surface area contributed by atoms with Gasteiger partial charge in [0.1, 0.15) is 6.61 Å². The number of aryl methyl sites for hydroxylation is 2. The molecule has 5 rings (SSSR count). The Morgan fingerprint density at radius 3 is 2.22 bits per heavy atom. The monoisotopic (exact) mass is 431 g/mol. The second kappa shape index (κ2) is 7.82. The van der Waals surface area contributed by atoms with Gasteiger partial charge < -0.3 is 9.84 Å². The number of carboxylic acid groups (broad SMARTS) is 1. The molecule has 1 heterocycles. The van der Waals surface area contributed by atoms with Crippen molar-refractivity contribution in [1.82, 2.24) is 14.7 Å². The molecule has 1 saturated carbocycles. The van der Waals surface area contributed by atoms with Crippen LogP contribution in [0.4, 0.5) is 4.79 Å². The number of fused-ring (bicyclic) bond motifs is 3. The van der Waals surface area contributed by atoms with Crippen LogP contribution in [0.5, 0.6) is 0 Å². The highest BCUT2D eigenvalue weighted by Gasteiger charge is 2.44. The van der Waals surface area contributed by atoms with Gasteiger partial charge in [-0.3, -0.25) is 9.58 Å². The van der Waals surface area contributed by atoms with Crippen LogP contribution in [-0.4, -0.2) is 44.5 Å². The van der Waals surface area contributed by atoms with Crippen molar-refractivity contribution in [2.24, 2.45) is 7.05 Å². The maximum absolute atomic E-state index is 13.3. The molecule has 1 unspecified atom stereocenters. The lowest BCUT2D eigenvalue weighted by atomic mass is 9.98. The van der Waals surface area contributed by atoms with Gasteiger partial charge in [0, 0.05) is 30.8 Å². The number of nitrogens with zero attached hydrogens (tertiary/aromatic N) is 3. The quantitative estimate of drug-likeness (QED) is 0.630. The fourth-order valence-electron chi connectivity index (χ4n) is 4.77. The molecule has 1 aromatic heterocycles. The van der Waals surface area contributed by atoms with Gasteiger partial charge in [-0.1, -0.05) is 48.5 Å². The molecular weight excluding hydrogens is 406 g/mol. The summed E-state index contributed by atoms with van der Waals surface area (Å²) in [5, 5.41) is 14.3. The van der Waals surface area contributed by atoms with Gasteiger partial charge in [0.25, 0.3) is 0 Å². The summed E-state index contributed by atoms with van der Waals surface area (Å²) in [7, 11) is 1.74. The van der Waals surface area contributed by atoms with Crippen LogP contribution in [0, 0.1) is 6.92 Å². The van der Waals surface area contributed by atoms with Crippen LogP contribution in [0.1, 0.15) is 47.2 Å². The molecule has 2 aliphatic carbocycles. The molecule has 3 aromatic rings. The van der Waals surface area contributed by atoms with Gasteiger partial charge in [0.15, 0.2) is 6.04 Å². The van der Waals surface area contributed by atoms with Crippen molar-refractivity contribution >= 4 is 12.1 Å². The van der Waals surface area contributed by atoms with E-state index in [1.54, 1.807) is 24.9 Å². The molecule has 0 aliphatic heterocycles. The first-order valence-electron chi connectivity index (χ1n) is 10.8. The third-order valence-corrected chi connectivity index (χ3v) is 6.35. The lowest BCUT2D eigenvalue weighted by molar-refractivity contribution is -0.143. The molecule has 164 valence electrons. The highest BCUT2D eigenvalue weighted by Crippen LogP contribution is 2.45. The maximum Gasteiger partial charge on any atom is 0.411 e. The van der Waals surface area contributed by atoms with Crippen LogP contribution in [0.25, 0.3) is 11.1 Å². The van der Waals surface area contributed by atoms with Crippen molar-refractivity contribution in [3.05, 3.63) is 77.1 Å². The summed E-state index contributed by atoms with van der Waals surface area (Å²) in [4.78, 5) is 26.9. The number of amides is 1. The average molecular weight is 431 g/mol. The van der Waals surface area contributed by atoms with Crippen molar-refractivity contribution < 1.29 is 19.4 Å². The summed E-state index contributed by atoms with van der Waals surface area (Å²) in [6.07, 6.45) is 2.62. The fourth-order valence-corrected chi connectivity index (χ4v) is 4.77. The zero-order chi connectivity index (χ0) is 22.4. The highest BCUT2D eigenvalue weighted by molar-refractivity contribution is 5.83. The number of carboxylic acids is 1. The summed E-state index contributed by atoms with van der Waals surface area (Å²) < 4.78 is 7.37. The van der Waals surface area contributed by atoms with E-state index >= 15 is 0 Å². The summed E-state index contributed by atoms with van der Waals surface area (Å²) >= 11 is 0. The number of hydrogen-bond donors (Lipinski definition) is 1. The molecule has 0 bridgehead atoms. The van der Waals surface area contributed by atoms with E-state index in [1.165, 1.54) is 4.90 Å². The van der Waals surface area contributed by atoms with Crippen molar-refractivity contribution in [3.8, 4) is 11.1 Å². The Balaban J connectivity index is 1.41. The van der Waals surface area contributed by atoms with E-state index in [4.69, 9.17) is 4.74 Å². The number of carbonyl (C=O) groups excluding carboxylic acids is 1. The Kier molecular flexibility index (Phi) is 4.96. The first-order valence-corrected chi connectivity index (χ1v) is 10.8. The minimum Gasteiger partial charge on any atom is -0.479 e. The van der Waals surface area contributed by atoms with Crippen LogP contribution >= 0.6 is 0 Å². The second-order valence-electron chi connectivity index (χ2n) is 8.53. The van der Waals surface area contributed by atoms with Crippen molar-refractivity contribution in [2.75, 3.05) is 6.61 Å². The molecule has 0 saturated heterocycles. The second-order valence-corrected chi connectivity index (χ2v) is 8.53. The molecule has 2 aromatic carbocycles. The Bertz CT molecular complexity index is 1150. The first kappa shape index (κ1) is 20.3. The lowest BCUT2D eigenvalue weighted by Gasteiger charge is -2.28. The largest absolute Gasteiger partial charge is 0.479 e. The molecule has 0 spiro atoms. The Morgan fingerprint density at radius 2 is 1.72 bits per heavy atom. The van der Waals surface area contributed by atoms with E-state index < -0.39 is 18.1 Å². The molecular formula is C25H25N3O4. The summed E-state index contributed by atoms with van der Waals surface area (Å²) in [5.74, 6) is -1.16. The lowest BCUT2D eigenvalue weighted by Crippen LogP contribution is -2.41. The van der Waals surface area contributed by atoms with Gasteiger partial charge in [0.05, 0.1) is 5.69 Å². The number of rotatable bonds is 6. The SMILES string of the molecule is Cc1nn(C)cc1C(C(=O)O)N(C(=O)OCC1c2ccccc2-c2ccccc21)C1CC1. The normalized spacial score (nSPS) is 15.7. The number of carbonyl (C=O) groups is 2. The number of aliphatic carboxylic acids is 1. The summed E-state index contributed by atoms with van der Waals surface area (Å²) in [6, 6.07) is 15.0. The van der Waals surface area contributed by atoms with E-state index in [2.05, 4.69) is 29.4 Å². The van der Waals surface area contributed by atoms with E-state index in [0.717, 1.165) is 35.1 Å². The zero-order valence-electron chi connectivity index (χ0n) is 18.1. The average Bonchev–Trinajstić information content (AvgIpc) is 3.49. The van der Waals surface area contributed by atoms with E-state index in [-0.39, 0.29) is 18.6 Å². The molecule has 1 fully saturated rings. The van der Waals surface area contributed by atoms with Gasteiger partial charge in [0.2, 0.25) is 0 Å². The van der Waals surface area contributed by atoms with Crippen LogP contribution in [-0.2, 0) is 16.6 Å². The van der Waals surface area contributed by atoms with Gasteiger partial charge in [-0.25, -0.2) is 9.59 Å². The molecule has 7 nitrogen and oxygen atoms in total. The van der Waals surface area contributed by atoms with Crippen LogP contribution in [0.2, 0.25) is 0 Å². The topological polar surface area (TPSA) is 84.7 Å². The third kappa shape index (κ3) is 3.43. The van der Waals surface area contributed by atoms with Gasteiger partial charge in [-0.15, -0.1) is 0 Å². The van der Waals surface area contributed by atoms with Crippen molar-refractivity contribution in [1.29, 1.82) is 0 Å². The van der Waals surface area contributed by atoms with E-state index in [1.807, 2.05) is 24.3 Å².